The molecule has 0 aromatic carbocycles. The summed E-state index contributed by atoms with van der Waals surface area (Å²) in [5, 5.41) is 15.1. The van der Waals surface area contributed by atoms with Crippen molar-refractivity contribution in [2.75, 3.05) is 6.54 Å². The molecule has 0 bridgehead atoms. The van der Waals surface area contributed by atoms with Crippen molar-refractivity contribution in [3.05, 3.63) is 11.0 Å². The van der Waals surface area contributed by atoms with Crippen molar-refractivity contribution in [3.63, 3.8) is 0 Å². The van der Waals surface area contributed by atoms with Gasteiger partial charge < -0.3 is 15.2 Å². The average molecular weight is 246 g/mol. The third-order valence-electron chi connectivity index (χ3n) is 1.99. The van der Waals surface area contributed by atoms with E-state index in [1.54, 1.807) is 0 Å². The van der Waals surface area contributed by atoms with Gasteiger partial charge in [0.2, 0.25) is 5.91 Å². The molecular weight excluding hydrogens is 236 g/mol. The van der Waals surface area contributed by atoms with Gasteiger partial charge in [-0.05, 0) is 6.92 Å². The summed E-state index contributed by atoms with van der Waals surface area (Å²) in [6.45, 7) is 2.37. The Balaban J connectivity index is 2.16. The number of hydrogen-bond donors (Lipinski definition) is 3. The van der Waals surface area contributed by atoms with Gasteiger partial charge in [0.05, 0.1) is 11.0 Å². The summed E-state index contributed by atoms with van der Waals surface area (Å²) in [6, 6.07) is 0. The molecule has 0 aliphatic carbocycles. The van der Waals surface area contributed by atoms with Crippen molar-refractivity contribution >= 4 is 34.2 Å². The molecule has 0 aromatic heterocycles. The van der Waals surface area contributed by atoms with Gasteiger partial charge in [0.1, 0.15) is 4.32 Å². The highest BCUT2D eigenvalue weighted by atomic mass is 32.2. The van der Waals surface area contributed by atoms with Gasteiger partial charge in [-0.3, -0.25) is 10.1 Å². The van der Waals surface area contributed by atoms with E-state index in [4.69, 9.17) is 17.0 Å². The highest BCUT2D eigenvalue weighted by molar-refractivity contribution is 8.26. The van der Waals surface area contributed by atoms with Crippen LogP contribution in [0.3, 0.4) is 0 Å². The SMILES string of the molecule is CC1CNC(O)(C=C2SC(=S)NC2=O)O1. The molecule has 2 fully saturated rings. The fraction of sp³-hybridized carbons (Fsp3) is 0.500. The first-order valence-electron chi connectivity index (χ1n) is 4.40. The highest BCUT2D eigenvalue weighted by Crippen LogP contribution is 2.27. The molecule has 5 nitrogen and oxygen atoms in total. The summed E-state index contributed by atoms with van der Waals surface area (Å²) in [7, 11) is 0. The van der Waals surface area contributed by atoms with Crippen LogP contribution in [0.25, 0.3) is 0 Å². The highest BCUT2D eigenvalue weighted by Gasteiger charge is 2.36. The van der Waals surface area contributed by atoms with Gasteiger partial charge in [0, 0.05) is 12.6 Å². The fourth-order valence-electron chi connectivity index (χ4n) is 1.36. The van der Waals surface area contributed by atoms with Crippen LogP contribution in [-0.4, -0.2) is 33.9 Å². The van der Waals surface area contributed by atoms with Crippen LogP contribution in [0.15, 0.2) is 11.0 Å². The molecule has 2 rings (SSSR count). The molecule has 0 spiro atoms. The molecule has 2 heterocycles. The maximum atomic E-state index is 11.3. The molecule has 2 aliphatic rings. The van der Waals surface area contributed by atoms with Gasteiger partial charge in [0.25, 0.3) is 5.91 Å². The number of aliphatic hydroxyl groups is 1. The molecule has 2 unspecified atom stereocenters. The molecule has 0 aromatic rings. The Morgan fingerprint density at radius 2 is 2.53 bits per heavy atom. The Kier molecular flexibility index (Phi) is 2.82. The molecule has 2 aliphatic heterocycles. The molecule has 15 heavy (non-hydrogen) atoms. The van der Waals surface area contributed by atoms with E-state index < -0.39 is 5.91 Å². The second kappa shape index (κ2) is 3.84. The van der Waals surface area contributed by atoms with Crippen LogP contribution in [0, 0.1) is 0 Å². The first-order valence-corrected chi connectivity index (χ1v) is 5.62. The number of thioether (sulfide) groups is 1. The number of ether oxygens (including phenoxy) is 1. The quantitative estimate of drug-likeness (QED) is 0.435. The van der Waals surface area contributed by atoms with Gasteiger partial charge in [-0.1, -0.05) is 24.0 Å². The van der Waals surface area contributed by atoms with Crippen molar-refractivity contribution < 1.29 is 14.6 Å². The van der Waals surface area contributed by atoms with Gasteiger partial charge in [0.15, 0.2) is 0 Å². The van der Waals surface area contributed by atoms with Gasteiger partial charge in [-0.15, -0.1) is 0 Å². The maximum absolute atomic E-state index is 11.3. The number of thiocarbonyl (C=S) groups is 1. The largest absolute Gasteiger partial charge is 0.350 e. The lowest BCUT2D eigenvalue weighted by molar-refractivity contribution is -0.164. The van der Waals surface area contributed by atoms with E-state index in [1.165, 1.54) is 6.08 Å². The third-order valence-corrected chi connectivity index (χ3v) is 3.16. The van der Waals surface area contributed by atoms with Crippen molar-refractivity contribution in [3.8, 4) is 0 Å². The summed E-state index contributed by atoms with van der Waals surface area (Å²) < 4.78 is 5.62. The molecule has 3 N–H and O–H groups in total. The summed E-state index contributed by atoms with van der Waals surface area (Å²) in [4.78, 5) is 11.7. The molecule has 82 valence electrons. The Bertz CT molecular complexity index is 358. The van der Waals surface area contributed by atoms with Gasteiger partial charge >= 0.3 is 0 Å². The zero-order valence-corrected chi connectivity index (χ0v) is 9.58. The van der Waals surface area contributed by atoms with E-state index in [-0.39, 0.29) is 12.0 Å². The molecule has 1 amide bonds. The first-order chi connectivity index (χ1) is 6.98. The summed E-state index contributed by atoms with van der Waals surface area (Å²) in [5.41, 5.74) is 0. The van der Waals surface area contributed by atoms with Crippen LogP contribution >= 0.6 is 24.0 Å². The zero-order valence-electron chi connectivity index (χ0n) is 7.94. The van der Waals surface area contributed by atoms with E-state index in [9.17, 15) is 9.90 Å². The second-order valence-corrected chi connectivity index (χ2v) is 5.08. The van der Waals surface area contributed by atoms with Crippen molar-refractivity contribution in [2.24, 2.45) is 0 Å². The minimum Gasteiger partial charge on any atom is -0.350 e. The lowest BCUT2D eigenvalue weighted by Gasteiger charge is -2.18. The third kappa shape index (κ3) is 2.37. The monoisotopic (exact) mass is 246 g/mol. The zero-order chi connectivity index (χ0) is 11.1. The minimum atomic E-state index is -1.56. The van der Waals surface area contributed by atoms with Crippen LogP contribution in [-0.2, 0) is 9.53 Å². The molecular formula is C8H10N2O3S2. The minimum absolute atomic E-state index is 0.0896. The Labute approximate surface area is 96.2 Å². The maximum Gasteiger partial charge on any atom is 0.263 e. The molecule has 2 saturated heterocycles. The average Bonchev–Trinajstić information content (AvgIpc) is 2.58. The van der Waals surface area contributed by atoms with E-state index in [2.05, 4.69) is 10.6 Å². The number of nitrogens with one attached hydrogen (secondary N) is 2. The van der Waals surface area contributed by atoms with Crippen LogP contribution in [0.2, 0.25) is 0 Å². The summed E-state index contributed by atoms with van der Waals surface area (Å²) in [6.07, 6.45) is 1.25. The Morgan fingerprint density at radius 3 is 3.00 bits per heavy atom. The molecule has 0 saturated carbocycles. The number of carbonyl (C=O) groups is 1. The predicted molar refractivity (Wildman–Crippen MR) is 59.9 cm³/mol. The van der Waals surface area contributed by atoms with Crippen molar-refractivity contribution in [1.29, 1.82) is 0 Å². The van der Waals surface area contributed by atoms with Gasteiger partial charge in [-0.25, -0.2) is 0 Å². The lowest BCUT2D eigenvalue weighted by Crippen LogP contribution is -2.39. The Hall–Kier alpha value is -0.470. The van der Waals surface area contributed by atoms with E-state index in [0.717, 1.165) is 11.8 Å². The van der Waals surface area contributed by atoms with E-state index in [1.807, 2.05) is 6.92 Å². The lowest BCUT2D eigenvalue weighted by atomic mass is 10.4. The van der Waals surface area contributed by atoms with Crippen LogP contribution in [0.1, 0.15) is 6.92 Å². The predicted octanol–water partition coefficient (Wildman–Crippen LogP) is -0.327. The van der Waals surface area contributed by atoms with E-state index in [0.29, 0.717) is 15.8 Å². The topological polar surface area (TPSA) is 70.6 Å². The summed E-state index contributed by atoms with van der Waals surface area (Å²) in [5.74, 6) is -1.86. The number of rotatable bonds is 1. The van der Waals surface area contributed by atoms with Crippen molar-refractivity contribution in [2.45, 2.75) is 18.9 Å². The molecule has 7 heteroatoms. The Morgan fingerprint density at radius 1 is 1.80 bits per heavy atom. The van der Waals surface area contributed by atoms with Crippen LogP contribution in [0.4, 0.5) is 0 Å². The molecule has 0 radical (unpaired) electrons. The number of hydrogen-bond acceptors (Lipinski definition) is 6. The normalized spacial score (nSPS) is 38.8. The summed E-state index contributed by atoms with van der Waals surface area (Å²) >= 11 is 5.93. The van der Waals surface area contributed by atoms with Gasteiger partial charge in [-0.2, -0.15) is 0 Å². The van der Waals surface area contributed by atoms with Crippen molar-refractivity contribution in [1.82, 2.24) is 10.6 Å². The standard InChI is InChI=1S/C8H10N2O3S2/c1-4-3-9-8(12,13-4)2-5-6(11)10-7(14)15-5/h2,4,9,12H,3H2,1H3,(H,10,11,14). The number of carbonyl (C=O) groups excluding carboxylic acids is 1. The number of amides is 1. The van der Waals surface area contributed by atoms with Crippen LogP contribution in [0.5, 0.6) is 0 Å². The van der Waals surface area contributed by atoms with E-state index >= 15 is 0 Å². The van der Waals surface area contributed by atoms with Crippen LogP contribution < -0.4 is 10.6 Å². The smallest absolute Gasteiger partial charge is 0.263 e. The second-order valence-electron chi connectivity index (χ2n) is 3.36. The first kappa shape index (κ1) is 11.0. The molecule has 2 atom stereocenters. The fourth-order valence-corrected chi connectivity index (χ4v) is 2.43.